The highest BCUT2D eigenvalue weighted by molar-refractivity contribution is 7.89. The van der Waals surface area contributed by atoms with Crippen molar-refractivity contribution in [2.75, 3.05) is 32.0 Å². The van der Waals surface area contributed by atoms with Crippen LogP contribution in [0.15, 0.2) is 0 Å². The lowest BCUT2D eigenvalue weighted by molar-refractivity contribution is 0.113. The Hall–Kier alpha value is -0.310. The summed E-state index contributed by atoms with van der Waals surface area (Å²) in [7, 11) is -3.71. The standard InChI is InChI=1S/C8H18F2N2O3S/c9-8(10)7-12(4-5-13)16(14,15)6-2-1-3-11/h8,13H,1-7,11H2. The van der Waals surface area contributed by atoms with E-state index in [4.69, 9.17) is 10.8 Å². The quantitative estimate of drug-likeness (QED) is 0.553. The van der Waals surface area contributed by atoms with Crippen molar-refractivity contribution in [2.45, 2.75) is 19.3 Å². The van der Waals surface area contributed by atoms with Crippen LogP contribution in [-0.4, -0.2) is 56.2 Å². The van der Waals surface area contributed by atoms with E-state index >= 15 is 0 Å². The van der Waals surface area contributed by atoms with Crippen molar-refractivity contribution in [3.05, 3.63) is 0 Å². The predicted molar refractivity (Wildman–Crippen MR) is 56.7 cm³/mol. The van der Waals surface area contributed by atoms with Crippen LogP contribution in [0.1, 0.15) is 12.8 Å². The van der Waals surface area contributed by atoms with E-state index in [1.807, 2.05) is 0 Å². The van der Waals surface area contributed by atoms with Gasteiger partial charge in [0, 0.05) is 6.54 Å². The first-order valence-corrected chi connectivity index (χ1v) is 6.62. The number of aliphatic hydroxyl groups is 1. The molecule has 0 spiro atoms. The number of halogens is 2. The van der Waals surface area contributed by atoms with Gasteiger partial charge in [-0.1, -0.05) is 0 Å². The maximum atomic E-state index is 12.1. The molecule has 16 heavy (non-hydrogen) atoms. The molecule has 0 unspecified atom stereocenters. The summed E-state index contributed by atoms with van der Waals surface area (Å²) >= 11 is 0. The fourth-order valence-electron chi connectivity index (χ4n) is 1.17. The minimum absolute atomic E-state index is 0.211. The van der Waals surface area contributed by atoms with Crippen molar-refractivity contribution in [2.24, 2.45) is 5.73 Å². The fraction of sp³-hybridized carbons (Fsp3) is 1.00. The van der Waals surface area contributed by atoms with Gasteiger partial charge in [-0.2, -0.15) is 4.31 Å². The lowest BCUT2D eigenvalue weighted by Crippen LogP contribution is -2.38. The molecular formula is C8H18F2N2O3S. The van der Waals surface area contributed by atoms with E-state index in [1.54, 1.807) is 0 Å². The smallest absolute Gasteiger partial charge is 0.252 e. The number of aliphatic hydroxyl groups excluding tert-OH is 1. The Morgan fingerprint density at radius 2 is 1.94 bits per heavy atom. The molecule has 0 fully saturated rings. The van der Waals surface area contributed by atoms with Gasteiger partial charge in [0.1, 0.15) is 0 Å². The molecular weight excluding hydrogens is 242 g/mol. The van der Waals surface area contributed by atoms with Crippen LogP contribution in [0.5, 0.6) is 0 Å². The molecule has 0 aromatic rings. The van der Waals surface area contributed by atoms with E-state index in [0.717, 1.165) is 0 Å². The highest BCUT2D eigenvalue weighted by Gasteiger charge is 2.24. The first-order valence-electron chi connectivity index (χ1n) is 5.01. The summed E-state index contributed by atoms with van der Waals surface area (Å²) in [6.45, 7) is -1.27. The third-order valence-corrected chi connectivity index (χ3v) is 3.86. The van der Waals surface area contributed by atoms with Crippen LogP contribution in [0.25, 0.3) is 0 Å². The summed E-state index contributed by atoms with van der Waals surface area (Å²) in [5.41, 5.74) is 5.20. The number of hydrogen-bond donors (Lipinski definition) is 2. The number of hydrogen-bond acceptors (Lipinski definition) is 4. The Labute approximate surface area is 94.3 Å². The largest absolute Gasteiger partial charge is 0.395 e. The molecule has 0 aliphatic rings. The van der Waals surface area contributed by atoms with Crippen molar-refractivity contribution in [1.82, 2.24) is 4.31 Å². The molecule has 98 valence electrons. The van der Waals surface area contributed by atoms with Crippen molar-refractivity contribution < 1.29 is 22.3 Å². The molecule has 0 atom stereocenters. The number of nitrogens with zero attached hydrogens (tertiary/aromatic N) is 1. The first kappa shape index (κ1) is 15.7. The monoisotopic (exact) mass is 260 g/mol. The number of rotatable bonds is 9. The van der Waals surface area contributed by atoms with Crippen molar-refractivity contribution >= 4 is 10.0 Å². The SMILES string of the molecule is NCCCCS(=O)(=O)N(CCO)CC(F)F. The van der Waals surface area contributed by atoms with Crippen LogP contribution in [0.2, 0.25) is 0 Å². The molecule has 0 aromatic heterocycles. The maximum Gasteiger partial charge on any atom is 0.252 e. The van der Waals surface area contributed by atoms with Crippen LogP contribution in [0.4, 0.5) is 8.78 Å². The van der Waals surface area contributed by atoms with Gasteiger partial charge < -0.3 is 10.8 Å². The Bertz CT molecular complexity index is 272. The Morgan fingerprint density at radius 1 is 1.31 bits per heavy atom. The van der Waals surface area contributed by atoms with Crippen LogP contribution in [-0.2, 0) is 10.0 Å². The highest BCUT2D eigenvalue weighted by atomic mass is 32.2. The van der Waals surface area contributed by atoms with Gasteiger partial charge in [-0.25, -0.2) is 17.2 Å². The van der Waals surface area contributed by atoms with Crippen molar-refractivity contribution in [3.8, 4) is 0 Å². The molecule has 3 N–H and O–H groups in total. The van der Waals surface area contributed by atoms with Crippen LogP contribution in [0.3, 0.4) is 0 Å². The molecule has 5 nitrogen and oxygen atoms in total. The summed E-state index contributed by atoms with van der Waals surface area (Å²) in [5.74, 6) is -0.211. The van der Waals surface area contributed by atoms with Gasteiger partial charge in [0.2, 0.25) is 10.0 Å². The normalized spacial score (nSPS) is 12.6. The van der Waals surface area contributed by atoms with Gasteiger partial charge in [-0.15, -0.1) is 0 Å². The second-order valence-electron chi connectivity index (χ2n) is 3.28. The molecule has 0 saturated carbocycles. The van der Waals surface area contributed by atoms with Crippen LogP contribution in [0, 0.1) is 0 Å². The Balaban J connectivity index is 4.37. The molecule has 0 aliphatic heterocycles. The summed E-state index contributed by atoms with van der Waals surface area (Å²) in [5, 5.41) is 8.61. The van der Waals surface area contributed by atoms with Gasteiger partial charge in [-0.05, 0) is 19.4 Å². The minimum atomic E-state index is -3.71. The lowest BCUT2D eigenvalue weighted by Gasteiger charge is -2.20. The van der Waals surface area contributed by atoms with Crippen molar-refractivity contribution in [1.29, 1.82) is 0 Å². The molecule has 0 bridgehead atoms. The molecule has 0 aliphatic carbocycles. The minimum Gasteiger partial charge on any atom is -0.395 e. The Morgan fingerprint density at radius 3 is 2.38 bits per heavy atom. The average Bonchev–Trinajstić information content (AvgIpc) is 2.16. The van der Waals surface area contributed by atoms with Gasteiger partial charge in [0.25, 0.3) is 6.43 Å². The maximum absolute atomic E-state index is 12.1. The first-order chi connectivity index (χ1) is 7.44. The van der Waals surface area contributed by atoms with Crippen LogP contribution >= 0.6 is 0 Å². The van der Waals surface area contributed by atoms with Gasteiger partial charge in [0.15, 0.2) is 0 Å². The van der Waals surface area contributed by atoms with E-state index in [1.165, 1.54) is 0 Å². The van der Waals surface area contributed by atoms with Gasteiger partial charge >= 0.3 is 0 Å². The summed E-state index contributed by atoms with van der Waals surface area (Å²) in [6.07, 6.45) is -1.87. The third-order valence-electron chi connectivity index (χ3n) is 1.94. The van der Waals surface area contributed by atoms with E-state index in [9.17, 15) is 17.2 Å². The van der Waals surface area contributed by atoms with Crippen LogP contribution < -0.4 is 5.73 Å². The molecule has 0 radical (unpaired) electrons. The zero-order chi connectivity index (χ0) is 12.6. The molecule has 0 saturated heterocycles. The summed E-state index contributed by atoms with van der Waals surface area (Å²) < 4.78 is 48.0. The number of sulfonamides is 1. The number of nitrogens with two attached hydrogens (primary N) is 1. The molecule has 0 amide bonds. The van der Waals surface area contributed by atoms with E-state index in [-0.39, 0.29) is 12.3 Å². The zero-order valence-electron chi connectivity index (χ0n) is 8.98. The summed E-state index contributed by atoms with van der Waals surface area (Å²) in [6, 6.07) is 0. The molecule has 0 aromatic carbocycles. The van der Waals surface area contributed by atoms with E-state index in [2.05, 4.69) is 0 Å². The fourth-order valence-corrected chi connectivity index (χ4v) is 2.69. The van der Waals surface area contributed by atoms with E-state index in [0.29, 0.717) is 23.7 Å². The Kier molecular flexibility index (Phi) is 7.73. The summed E-state index contributed by atoms with van der Waals surface area (Å²) in [4.78, 5) is 0. The number of unbranched alkanes of at least 4 members (excludes halogenated alkanes) is 1. The second-order valence-corrected chi connectivity index (χ2v) is 5.37. The van der Waals surface area contributed by atoms with Gasteiger partial charge in [0.05, 0.1) is 18.9 Å². The van der Waals surface area contributed by atoms with E-state index < -0.39 is 29.6 Å². The molecule has 8 heteroatoms. The van der Waals surface area contributed by atoms with Gasteiger partial charge in [-0.3, -0.25) is 0 Å². The topological polar surface area (TPSA) is 83.6 Å². The average molecular weight is 260 g/mol. The van der Waals surface area contributed by atoms with Crippen molar-refractivity contribution in [3.63, 3.8) is 0 Å². The molecule has 0 rings (SSSR count). The zero-order valence-corrected chi connectivity index (χ0v) is 9.80. The second kappa shape index (κ2) is 7.88. The highest BCUT2D eigenvalue weighted by Crippen LogP contribution is 2.07. The predicted octanol–water partition coefficient (Wildman–Crippen LogP) is -0.385. The third kappa shape index (κ3) is 6.31. The number of alkyl halides is 2. The lowest BCUT2D eigenvalue weighted by atomic mass is 10.3. The molecule has 0 heterocycles.